The van der Waals surface area contributed by atoms with E-state index in [1.54, 1.807) is 18.2 Å². The molecule has 8 nitrogen and oxygen atoms in total. The summed E-state index contributed by atoms with van der Waals surface area (Å²) in [4.78, 5) is 6.70. The van der Waals surface area contributed by atoms with Gasteiger partial charge in [-0.1, -0.05) is 17.7 Å². The lowest BCUT2D eigenvalue weighted by atomic mass is 9.97. The maximum Gasteiger partial charge on any atom is 0.242 e. The fourth-order valence-corrected chi connectivity index (χ4v) is 3.55. The Kier molecular flexibility index (Phi) is 6.66. The summed E-state index contributed by atoms with van der Waals surface area (Å²) in [5, 5.41) is 8.89. The molecule has 0 amide bonds. The quantitative estimate of drug-likeness (QED) is 0.427. The first-order valence-corrected chi connectivity index (χ1v) is 10.3. The zero-order chi connectivity index (χ0) is 20.8. The lowest BCUT2D eigenvalue weighted by Crippen LogP contribution is -2.33. The van der Waals surface area contributed by atoms with Crippen LogP contribution in [0, 0.1) is 0 Å². The Bertz CT molecular complexity index is 945. The number of nitrogens with zero attached hydrogens (tertiary/aromatic N) is 4. The number of pyridine rings is 1. The van der Waals surface area contributed by atoms with Gasteiger partial charge in [-0.3, -0.25) is 0 Å². The first-order valence-electron chi connectivity index (χ1n) is 9.93. The molecular weight excluding hydrogens is 406 g/mol. The molecule has 158 valence electrons. The second-order valence-corrected chi connectivity index (χ2v) is 7.50. The highest BCUT2D eigenvalue weighted by Gasteiger charge is 2.25. The average molecular weight is 430 g/mol. The predicted octanol–water partition coefficient (Wildman–Crippen LogP) is 3.68. The number of anilines is 2. The van der Waals surface area contributed by atoms with Crippen molar-refractivity contribution in [2.75, 3.05) is 36.9 Å². The molecule has 0 spiro atoms. The van der Waals surface area contributed by atoms with Gasteiger partial charge in [0.15, 0.2) is 0 Å². The van der Waals surface area contributed by atoms with Gasteiger partial charge in [-0.2, -0.15) is 0 Å². The molecule has 4 rings (SSSR count). The Labute approximate surface area is 180 Å². The number of aromatic nitrogens is 3. The molecule has 1 aliphatic rings. The van der Waals surface area contributed by atoms with Gasteiger partial charge < -0.3 is 24.5 Å². The molecule has 2 aromatic heterocycles. The Balaban J connectivity index is 1.19. The number of hydrogen-bond donors (Lipinski definition) is 1. The van der Waals surface area contributed by atoms with Crippen molar-refractivity contribution >= 4 is 23.1 Å². The number of piperidine rings is 1. The molecule has 0 atom stereocenters. The van der Waals surface area contributed by atoms with Crippen LogP contribution >= 0.6 is 11.6 Å². The predicted molar refractivity (Wildman–Crippen MR) is 114 cm³/mol. The van der Waals surface area contributed by atoms with Crippen molar-refractivity contribution in [1.82, 2.24) is 15.2 Å². The van der Waals surface area contributed by atoms with Crippen molar-refractivity contribution in [2.45, 2.75) is 25.4 Å². The molecule has 9 heteroatoms. The van der Waals surface area contributed by atoms with Gasteiger partial charge in [0.05, 0.1) is 12.3 Å². The molecule has 3 aromatic rings. The smallest absolute Gasteiger partial charge is 0.242 e. The molecule has 0 radical (unpaired) electrons. The van der Waals surface area contributed by atoms with E-state index in [4.69, 9.17) is 31.2 Å². The molecule has 2 N–H and O–H groups in total. The van der Waals surface area contributed by atoms with Crippen LogP contribution in [0.4, 0.5) is 11.5 Å². The lowest BCUT2D eigenvalue weighted by molar-refractivity contribution is 0.0746. The van der Waals surface area contributed by atoms with E-state index < -0.39 is 0 Å². The van der Waals surface area contributed by atoms with Crippen LogP contribution in [0.5, 0.6) is 5.75 Å². The summed E-state index contributed by atoms with van der Waals surface area (Å²) in [5.41, 5.74) is 6.38. The topological polar surface area (TPSA) is 99.5 Å². The maximum atomic E-state index is 5.94. The highest BCUT2D eigenvalue weighted by Crippen LogP contribution is 2.29. The van der Waals surface area contributed by atoms with E-state index in [0.717, 1.165) is 31.7 Å². The SMILES string of the molecule is Nc1ccc(Cl)cc1OCCOCc1nnc(C2CCN(c3ccccn3)CC2)o1. The Hall–Kier alpha value is -2.84. The number of ether oxygens (including phenoxy) is 2. The second-order valence-electron chi connectivity index (χ2n) is 7.07. The van der Waals surface area contributed by atoms with Gasteiger partial charge in [0, 0.05) is 36.3 Å². The van der Waals surface area contributed by atoms with Crippen LogP contribution in [0.1, 0.15) is 30.5 Å². The van der Waals surface area contributed by atoms with Crippen LogP contribution in [-0.2, 0) is 11.3 Å². The Morgan fingerprint density at radius 1 is 1.13 bits per heavy atom. The molecule has 0 unspecified atom stereocenters. The first-order chi connectivity index (χ1) is 14.7. The molecule has 0 bridgehead atoms. The molecule has 30 heavy (non-hydrogen) atoms. The van der Waals surface area contributed by atoms with Crippen molar-refractivity contribution in [3.05, 3.63) is 59.4 Å². The number of nitrogens with two attached hydrogens (primary N) is 1. The van der Waals surface area contributed by atoms with Crippen molar-refractivity contribution in [2.24, 2.45) is 0 Å². The van der Waals surface area contributed by atoms with Gasteiger partial charge in [0.1, 0.15) is 24.8 Å². The summed E-state index contributed by atoms with van der Waals surface area (Å²) in [7, 11) is 0. The van der Waals surface area contributed by atoms with E-state index in [2.05, 4.69) is 20.1 Å². The fourth-order valence-electron chi connectivity index (χ4n) is 3.39. The summed E-state index contributed by atoms with van der Waals surface area (Å²) in [6, 6.07) is 11.1. The summed E-state index contributed by atoms with van der Waals surface area (Å²) < 4.78 is 17.0. The molecule has 3 heterocycles. The van der Waals surface area contributed by atoms with Crippen LogP contribution in [0.3, 0.4) is 0 Å². The van der Waals surface area contributed by atoms with Gasteiger partial charge >= 0.3 is 0 Å². The van der Waals surface area contributed by atoms with Crippen molar-refractivity contribution < 1.29 is 13.9 Å². The Morgan fingerprint density at radius 2 is 2.00 bits per heavy atom. The van der Waals surface area contributed by atoms with Gasteiger partial charge in [-0.25, -0.2) is 4.98 Å². The van der Waals surface area contributed by atoms with Crippen molar-refractivity contribution in [3.8, 4) is 5.75 Å². The number of rotatable bonds is 8. The monoisotopic (exact) mass is 429 g/mol. The molecule has 1 aromatic carbocycles. The van der Waals surface area contributed by atoms with Gasteiger partial charge in [-0.15, -0.1) is 10.2 Å². The van der Waals surface area contributed by atoms with Crippen molar-refractivity contribution in [3.63, 3.8) is 0 Å². The summed E-state index contributed by atoms with van der Waals surface area (Å²) in [5.74, 6) is 2.97. The third-order valence-corrected chi connectivity index (χ3v) is 5.22. The minimum atomic E-state index is 0.244. The standard InChI is InChI=1S/C21H24ClN5O3/c22-16-4-5-17(23)18(13-16)29-12-11-28-14-20-25-26-21(30-20)15-6-9-27(10-7-15)19-3-1-2-8-24-19/h1-5,8,13,15H,6-7,9-12,14,23H2. The molecule has 0 aliphatic carbocycles. The van der Waals surface area contributed by atoms with E-state index in [9.17, 15) is 0 Å². The summed E-state index contributed by atoms with van der Waals surface area (Å²) >= 11 is 5.94. The fraction of sp³-hybridized carbons (Fsp3) is 0.381. The zero-order valence-corrected chi connectivity index (χ0v) is 17.3. The zero-order valence-electron chi connectivity index (χ0n) is 16.5. The Morgan fingerprint density at radius 3 is 2.80 bits per heavy atom. The highest BCUT2D eigenvalue weighted by atomic mass is 35.5. The third-order valence-electron chi connectivity index (χ3n) is 4.99. The largest absolute Gasteiger partial charge is 0.489 e. The number of hydrogen-bond acceptors (Lipinski definition) is 8. The highest BCUT2D eigenvalue weighted by molar-refractivity contribution is 6.30. The van der Waals surface area contributed by atoms with E-state index in [-0.39, 0.29) is 12.5 Å². The number of halogens is 1. The van der Waals surface area contributed by atoms with Crippen LogP contribution in [0.25, 0.3) is 0 Å². The average Bonchev–Trinajstić information content (AvgIpc) is 3.25. The number of nitrogen functional groups attached to an aromatic ring is 1. The molecular formula is C21H24ClN5O3. The summed E-state index contributed by atoms with van der Waals surface area (Å²) in [6.45, 7) is 2.79. The van der Waals surface area contributed by atoms with Gasteiger partial charge in [-0.05, 0) is 37.1 Å². The second kappa shape index (κ2) is 9.77. The molecule has 0 saturated carbocycles. The van der Waals surface area contributed by atoms with E-state index in [1.165, 1.54) is 0 Å². The number of benzene rings is 1. The van der Waals surface area contributed by atoms with E-state index in [1.807, 2.05) is 24.4 Å². The molecule has 1 saturated heterocycles. The van der Waals surface area contributed by atoms with Crippen LogP contribution in [0.15, 0.2) is 47.0 Å². The molecule has 1 aliphatic heterocycles. The maximum absolute atomic E-state index is 5.94. The minimum absolute atomic E-state index is 0.244. The van der Waals surface area contributed by atoms with Gasteiger partial charge in [0.2, 0.25) is 11.8 Å². The molecule has 1 fully saturated rings. The van der Waals surface area contributed by atoms with Crippen molar-refractivity contribution in [1.29, 1.82) is 0 Å². The third kappa shape index (κ3) is 5.20. The minimum Gasteiger partial charge on any atom is -0.489 e. The van der Waals surface area contributed by atoms with Crippen LogP contribution in [0.2, 0.25) is 5.02 Å². The summed E-state index contributed by atoms with van der Waals surface area (Å²) in [6.07, 6.45) is 3.72. The van der Waals surface area contributed by atoms with E-state index >= 15 is 0 Å². The lowest BCUT2D eigenvalue weighted by Gasteiger charge is -2.31. The van der Waals surface area contributed by atoms with Crippen LogP contribution < -0.4 is 15.4 Å². The van der Waals surface area contributed by atoms with Crippen LogP contribution in [-0.4, -0.2) is 41.5 Å². The normalized spacial score (nSPS) is 14.8. The van der Waals surface area contributed by atoms with Gasteiger partial charge in [0.25, 0.3) is 0 Å². The van der Waals surface area contributed by atoms with E-state index in [0.29, 0.717) is 41.5 Å². The first kappa shape index (κ1) is 20.4.